The van der Waals surface area contributed by atoms with E-state index in [0.29, 0.717) is 49.0 Å². The number of hydrogen-bond acceptors (Lipinski definition) is 10. The number of benzene rings is 2. The summed E-state index contributed by atoms with van der Waals surface area (Å²) in [6.07, 6.45) is 1.10. The maximum absolute atomic E-state index is 13.9. The molecule has 4 aromatic rings. The number of fused-ring (bicyclic) bond motifs is 2. The number of nitrogens with one attached hydrogen (secondary N) is 2. The van der Waals surface area contributed by atoms with Gasteiger partial charge in [-0.05, 0) is 49.9 Å². The highest BCUT2D eigenvalue weighted by atomic mass is 19.2. The van der Waals surface area contributed by atoms with Gasteiger partial charge in [0.05, 0.1) is 22.8 Å². The molecule has 20 heteroatoms. The van der Waals surface area contributed by atoms with Crippen molar-refractivity contribution < 1.29 is 36.7 Å². The second-order valence-electron chi connectivity index (χ2n) is 14.7. The molecule has 0 spiro atoms. The number of carbonyl (C=O) groups excluding carboxylic acids is 4. The smallest absolute Gasteiger partial charge is 0.268 e. The number of rotatable bonds is 8. The van der Waals surface area contributed by atoms with Crippen LogP contribution in [0.5, 0.6) is 0 Å². The number of anilines is 2. The van der Waals surface area contributed by atoms with Crippen molar-refractivity contribution in [3.8, 4) is 0 Å². The van der Waals surface area contributed by atoms with Crippen molar-refractivity contribution in [2.45, 2.75) is 77.5 Å². The van der Waals surface area contributed by atoms with E-state index in [1.165, 1.54) is 34.1 Å². The molecule has 0 bridgehead atoms. The van der Waals surface area contributed by atoms with Crippen molar-refractivity contribution in [1.29, 1.82) is 0 Å². The number of carbonyl (C=O) groups is 4. The number of nitrogens with zero attached hydrogens (tertiary/aromatic N) is 10. The molecule has 4 aliphatic heterocycles. The van der Waals surface area contributed by atoms with E-state index in [4.69, 9.17) is 0 Å². The van der Waals surface area contributed by atoms with E-state index < -0.39 is 47.2 Å². The van der Waals surface area contributed by atoms with Crippen molar-refractivity contribution in [3.63, 3.8) is 0 Å². The van der Waals surface area contributed by atoms with E-state index >= 15 is 0 Å². The van der Waals surface area contributed by atoms with E-state index in [-0.39, 0.29) is 60.0 Å². The highest BCUT2D eigenvalue weighted by Gasteiger charge is 2.34. The topological polar surface area (TPSA) is 184 Å². The SMILES string of the molecule is Cc1cc2n(n1)CC[C@@H](NC(=O)C1=NN=C(Cc3cccc(F)c3F)C1)C(=O)N2C.Cc1cc2n(n1)CC[C@H](NC(=O)C1=NN=C(Cc3cccc(F)c3F)C1)C(=O)N2C. The Morgan fingerprint density at radius 1 is 0.650 bits per heavy atom. The third-order valence-electron chi connectivity index (χ3n) is 10.3. The van der Waals surface area contributed by atoms with Crippen molar-refractivity contribution in [2.24, 2.45) is 20.4 Å². The molecular formula is C40H40F4N12O4. The summed E-state index contributed by atoms with van der Waals surface area (Å²) < 4.78 is 57.9. The van der Waals surface area contributed by atoms with Crippen LogP contribution >= 0.6 is 0 Å². The summed E-state index contributed by atoms with van der Waals surface area (Å²) in [7, 11) is 3.28. The van der Waals surface area contributed by atoms with Gasteiger partial charge >= 0.3 is 0 Å². The Morgan fingerprint density at radius 2 is 1.05 bits per heavy atom. The summed E-state index contributed by atoms with van der Waals surface area (Å²) >= 11 is 0. The highest BCUT2D eigenvalue weighted by Crippen LogP contribution is 2.23. The molecule has 2 atom stereocenters. The van der Waals surface area contributed by atoms with Crippen LogP contribution in [-0.2, 0) is 45.1 Å². The average molecular weight is 829 g/mol. The number of amides is 4. The summed E-state index contributed by atoms with van der Waals surface area (Å²) in [6, 6.07) is 10.0. The first kappa shape index (κ1) is 41.3. The fourth-order valence-corrected chi connectivity index (χ4v) is 7.17. The van der Waals surface area contributed by atoms with Crippen molar-refractivity contribution in [3.05, 3.63) is 94.3 Å². The zero-order valence-corrected chi connectivity index (χ0v) is 33.0. The van der Waals surface area contributed by atoms with Gasteiger partial charge in [0.1, 0.15) is 35.1 Å². The summed E-state index contributed by atoms with van der Waals surface area (Å²) in [4.78, 5) is 53.7. The summed E-state index contributed by atoms with van der Waals surface area (Å²) in [5, 5.41) is 29.8. The number of likely N-dealkylation sites (N-methyl/N-ethyl adjacent to an activating group) is 2. The standard InChI is InChI=1S/2C20H20F2N6O2/c2*1-11-8-17-27(2)20(30)15(6-7-28(17)26-11)23-19(29)16-10-13(24-25-16)9-12-4-3-5-14(21)18(12)22/h2*3-5,8,15H,6-7,9-10H2,1-2H3,(H,23,29)/t2*15-/m10/s1. The quantitative estimate of drug-likeness (QED) is 0.256. The van der Waals surface area contributed by atoms with Gasteiger partial charge in [0.2, 0.25) is 0 Å². The number of aromatic nitrogens is 4. The minimum atomic E-state index is -0.934. The molecular weight excluding hydrogens is 789 g/mol. The normalized spacial score (nSPS) is 18.6. The molecule has 2 N–H and O–H groups in total. The first-order valence-electron chi connectivity index (χ1n) is 19.0. The first-order valence-corrected chi connectivity index (χ1v) is 19.0. The van der Waals surface area contributed by atoms with Gasteiger partial charge in [0.25, 0.3) is 23.6 Å². The van der Waals surface area contributed by atoms with Crippen LogP contribution in [0.15, 0.2) is 68.9 Å². The van der Waals surface area contributed by atoms with E-state index in [9.17, 15) is 36.7 Å². The van der Waals surface area contributed by atoms with Crippen LogP contribution in [0.4, 0.5) is 29.2 Å². The molecule has 0 saturated heterocycles. The zero-order chi connectivity index (χ0) is 42.8. The van der Waals surface area contributed by atoms with Gasteiger partial charge < -0.3 is 10.6 Å². The van der Waals surface area contributed by atoms with Crippen LogP contribution in [0.25, 0.3) is 0 Å². The molecule has 0 aliphatic carbocycles. The van der Waals surface area contributed by atoms with Crippen LogP contribution < -0.4 is 20.4 Å². The Bertz CT molecular complexity index is 2350. The second-order valence-corrected chi connectivity index (χ2v) is 14.7. The predicted molar refractivity (Wildman–Crippen MR) is 213 cm³/mol. The molecule has 312 valence electrons. The number of hydrogen-bond donors (Lipinski definition) is 2. The molecule has 8 rings (SSSR count). The molecule has 0 saturated carbocycles. The average Bonchev–Trinajstić information content (AvgIpc) is 4.03. The van der Waals surface area contributed by atoms with Gasteiger partial charge in [-0.1, -0.05) is 24.3 Å². The van der Waals surface area contributed by atoms with Gasteiger partial charge in [-0.25, -0.2) is 26.9 Å². The fraction of sp³-hybridized carbons (Fsp3) is 0.350. The van der Waals surface area contributed by atoms with Crippen LogP contribution in [0.2, 0.25) is 0 Å². The van der Waals surface area contributed by atoms with Gasteiger partial charge in [0, 0.05) is 65.0 Å². The molecule has 2 aromatic heterocycles. The Kier molecular flexibility index (Phi) is 11.8. The predicted octanol–water partition coefficient (Wildman–Crippen LogP) is 3.53. The van der Waals surface area contributed by atoms with Crippen LogP contribution in [-0.4, -0.2) is 92.2 Å². The van der Waals surface area contributed by atoms with Gasteiger partial charge in [-0.3, -0.25) is 29.0 Å². The monoisotopic (exact) mass is 828 g/mol. The summed E-state index contributed by atoms with van der Waals surface area (Å²) in [5.41, 5.74) is 3.09. The summed E-state index contributed by atoms with van der Waals surface area (Å²) in [6.45, 7) is 4.67. The van der Waals surface area contributed by atoms with Crippen LogP contribution in [0.1, 0.15) is 48.2 Å². The molecule has 60 heavy (non-hydrogen) atoms. The first-order chi connectivity index (χ1) is 28.7. The molecule has 16 nitrogen and oxygen atoms in total. The van der Waals surface area contributed by atoms with Gasteiger partial charge in [-0.15, -0.1) is 10.2 Å². The van der Waals surface area contributed by atoms with Gasteiger partial charge in [-0.2, -0.15) is 20.4 Å². The third kappa shape index (κ3) is 8.76. The number of halogens is 4. The molecule has 4 aliphatic rings. The maximum Gasteiger partial charge on any atom is 0.268 e. The third-order valence-corrected chi connectivity index (χ3v) is 10.3. The molecule has 0 radical (unpaired) electrons. The lowest BCUT2D eigenvalue weighted by Gasteiger charge is -2.20. The largest absolute Gasteiger partial charge is 0.339 e. The van der Waals surface area contributed by atoms with E-state index in [0.717, 1.165) is 23.5 Å². The highest BCUT2D eigenvalue weighted by molar-refractivity contribution is 6.44. The Morgan fingerprint density at radius 3 is 1.45 bits per heavy atom. The minimum absolute atomic E-state index is 0.0510. The Balaban J connectivity index is 0.000000181. The lowest BCUT2D eigenvalue weighted by molar-refractivity contribution is -0.124. The fourth-order valence-electron chi connectivity index (χ4n) is 7.17. The van der Waals surface area contributed by atoms with Gasteiger partial charge in [0.15, 0.2) is 23.3 Å². The van der Waals surface area contributed by atoms with Crippen molar-refractivity contribution >= 4 is 58.1 Å². The molecule has 2 aromatic carbocycles. The van der Waals surface area contributed by atoms with E-state index in [1.807, 2.05) is 26.0 Å². The Hall–Kier alpha value is -6.86. The van der Waals surface area contributed by atoms with E-state index in [1.54, 1.807) is 23.5 Å². The Labute approximate surface area is 340 Å². The van der Waals surface area contributed by atoms with E-state index in [2.05, 4.69) is 41.2 Å². The lowest BCUT2D eigenvalue weighted by Crippen LogP contribution is -2.48. The number of aryl methyl sites for hydroxylation is 4. The maximum atomic E-state index is 13.9. The summed E-state index contributed by atoms with van der Waals surface area (Å²) in [5.74, 6) is -3.88. The van der Waals surface area contributed by atoms with Crippen LogP contribution in [0, 0.1) is 37.1 Å². The van der Waals surface area contributed by atoms with Crippen molar-refractivity contribution in [1.82, 2.24) is 30.2 Å². The molecule has 0 unspecified atom stereocenters. The van der Waals surface area contributed by atoms with Crippen molar-refractivity contribution in [2.75, 3.05) is 23.9 Å². The lowest BCUT2D eigenvalue weighted by atomic mass is 10.0. The molecule has 4 amide bonds. The molecule has 0 fully saturated rings. The minimum Gasteiger partial charge on any atom is -0.339 e. The van der Waals surface area contributed by atoms with Crippen LogP contribution in [0.3, 0.4) is 0 Å². The molecule has 6 heterocycles. The second kappa shape index (κ2) is 17.2. The zero-order valence-electron chi connectivity index (χ0n) is 33.0.